The zero-order valence-corrected chi connectivity index (χ0v) is 18.6. The van der Waals surface area contributed by atoms with Crippen LogP contribution in [-0.2, 0) is 4.79 Å². The van der Waals surface area contributed by atoms with E-state index in [9.17, 15) is 4.79 Å². The maximum atomic E-state index is 12.5. The minimum absolute atomic E-state index is 0.0867. The maximum Gasteiger partial charge on any atom is 0.262 e. The first-order chi connectivity index (χ1) is 15.5. The Balaban J connectivity index is 1.60. The summed E-state index contributed by atoms with van der Waals surface area (Å²) in [6.07, 6.45) is 1.83. The molecule has 0 saturated carbocycles. The molecule has 4 aromatic rings. The standard InChI is InChI=1S/C28H26N2O2/c1-19-7-6-9-23(15-19)30-28(31)18-32-27-14-13-22-8-4-5-10-24(22)25(27)17-29-26-16-20(2)11-12-21(26)3/h4-17H,18H2,1-3H3,(H,30,31). The number of anilines is 1. The summed E-state index contributed by atoms with van der Waals surface area (Å²) in [5, 5.41) is 5.00. The Kier molecular flexibility index (Phi) is 6.31. The van der Waals surface area contributed by atoms with Gasteiger partial charge < -0.3 is 10.1 Å². The summed E-state index contributed by atoms with van der Waals surface area (Å²) in [5.41, 5.74) is 5.88. The van der Waals surface area contributed by atoms with Crippen molar-refractivity contribution in [1.82, 2.24) is 0 Å². The number of hydrogen-bond acceptors (Lipinski definition) is 3. The molecule has 4 rings (SSSR count). The van der Waals surface area contributed by atoms with Crippen molar-refractivity contribution in [3.05, 3.63) is 101 Å². The molecule has 1 N–H and O–H groups in total. The quantitative estimate of drug-likeness (QED) is 0.359. The summed E-state index contributed by atoms with van der Waals surface area (Å²) in [5.74, 6) is 0.415. The van der Waals surface area contributed by atoms with Gasteiger partial charge in [-0.3, -0.25) is 9.79 Å². The van der Waals surface area contributed by atoms with Crippen LogP contribution >= 0.6 is 0 Å². The zero-order valence-electron chi connectivity index (χ0n) is 18.6. The molecule has 0 aromatic heterocycles. The molecule has 0 bridgehead atoms. The van der Waals surface area contributed by atoms with Gasteiger partial charge in [-0.05, 0) is 72.5 Å². The van der Waals surface area contributed by atoms with E-state index in [2.05, 4.69) is 36.5 Å². The molecule has 0 atom stereocenters. The number of nitrogens with one attached hydrogen (secondary N) is 1. The minimum Gasteiger partial charge on any atom is -0.483 e. The fourth-order valence-corrected chi connectivity index (χ4v) is 3.59. The van der Waals surface area contributed by atoms with Crippen molar-refractivity contribution in [2.45, 2.75) is 20.8 Å². The SMILES string of the molecule is Cc1cccc(NC(=O)COc2ccc3ccccc3c2C=Nc2cc(C)ccc2C)c1. The number of nitrogens with zero attached hydrogens (tertiary/aromatic N) is 1. The lowest BCUT2D eigenvalue weighted by Crippen LogP contribution is -2.20. The summed E-state index contributed by atoms with van der Waals surface area (Å²) in [7, 11) is 0. The van der Waals surface area contributed by atoms with E-state index in [4.69, 9.17) is 9.73 Å². The number of fused-ring (bicyclic) bond motifs is 1. The Morgan fingerprint density at radius 2 is 1.72 bits per heavy atom. The summed E-state index contributed by atoms with van der Waals surface area (Å²) >= 11 is 0. The molecule has 0 radical (unpaired) electrons. The Bertz CT molecular complexity index is 1310. The lowest BCUT2D eigenvalue weighted by molar-refractivity contribution is -0.118. The predicted octanol–water partition coefficient (Wildman–Crippen LogP) is 6.53. The van der Waals surface area contributed by atoms with Crippen molar-refractivity contribution < 1.29 is 9.53 Å². The number of carbonyl (C=O) groups excluding carboxylic acids is 1. The number of carbonyl (C=O) groups is 1. The van der Waals surface area contributed by atoms with Crippen LogP contribution < -0.4 is 10.1 Å². The van der Waals surface area contributed by atoms with E-state index in [-0.39, 0.29) is 12.5 Å². The van der Waals surface area contributed by atoms with Gasteiger partial charge in [0.05, 0.1) is 5.69 Å². The van der Waals surface area contributed by atoms with E-state index < -0.39 is 0 Å². The third-order valence-corrected chi connectivity index (χ3v) is 5.29. The van der Waals surface area contributed by atoms with E-state index in [1.54, 1.807) is 0 Å². The summed E-state index contributed by atoms with van der Waals surface area (Å²) in [4.78, 5) is 17.2. The first-order valence-electron chi connectivity index (χ1n) is 10.6. The Morgan fingerprint density at radius 1 is 0.906 bits per heavy atom. The molecule has 160 valence electrons. The molecule has 4 aromatic carbocycles. The van der Waals surface area contributed by atoms with Gasteiger partial charge >= 0.3 is 0 Å². The van der Waals surface area contributed by atoms with Crippen LogP contribution in [0, 0.1) is 20.8 Å². The lowest BCUT2D eigenvalue weighted by atomic mass is 10.0. The first kappa shape index (κ1) is 21.3. The molecule has 32 heavy (non-hydrogen) atoms. The molecule has 0 aliphatic heterocycles. The summed E-state index contributed by atoms with van der Waals surface area (Å²) in [6.45, 7) is 6.00. The van der Waals surface area contributed by atoms with Crippen molar-refractivity contribution in [1.29, 1.82) is 0 Å². The van der Waals surface area contributed by atoms with Gasteiger partial charge in [0, 0.05) is 17.5 Å². The van der Waals surface area contributed by atoms with Gasteiger partial charge in [-0.2, -0.15) is 0 Å². The highest BCUT2D eigenvalue weighted by Gasteiger charge is 2.10. The van der Waals surface area contributed by atoms with Gasteiger partial charge in [0.1, 0.15) is 5.75 Å². The van der Waals surface area contributed by atoms with Gasteiger partial charge in [-0.1, -0.05) is 54.6 Å². The van der Waals surface area contributed by atoms with Gasteiger partial charge in [-0.25, -0.2) is 0 Å². The second-order valence-electron chi connectivity index (χ2n) is 7.95. The smallest absolute Gasteiger partial charge is 0.262 e. The number of hydrogen-bond donors (Lipinski definition) is 1. The Labute approximate surface area is 188 Å². The van der Waals surface area contributed by atoms with E-state index in [0.29, 0.717) is 5.75 Å². The molecular weight excluding hydrogens is 396 g/mol. The largest absolute Gasteiger partial charge is 0.483 e. The first-order valence-corrected chi connectivity index (χ1v) is 10.6. The molecule has 1 amide bonds. The van der Waals surface area contributed by atoms with Crippen LogP contribution in [0.1, 0.15) is 22.3 Å². The number of rotatable bonds is 6. The highest BCUT2D eigenvalue weighted by Crippen LogP contribution is 2.28. The van der Waals surface area contributed by atoms with E-state index in [0.717, 1.165) is 44.4 Å². The van der Waals surface area contributed by atoms with Crippen molar-refractivity contribution >= 4 is 34.3 Å². The van der Waals surface area contributed by atoms with Crippen molar-refractivity contribution in [3.63, 3.8) is 0 Å². The monoisotopic (exact) mass is 422 g/mol. The topological polar surface area (TPSA) is 50.7 Å². The second-order valence-corrected chi connectivity index (χ2v) is 7.95. The summed E-state index contributed by atoms with van der Waals surface area (Å²) < 4.78 is 5.95. The number of amides is 1. The molecule has 0 fully saturated rings. The van der Waals surface area contributed by atoms with Crippen LogP contribution in [0.25, 0.3) is 10.8 Å². The van der Waals surface area contributed by atoms with Gasteiger partial charge in [-0.15, -0.1) is 0 Å². The molecule has 0 spiro atoms. The van der Waals surface area contributed by atoms with Crippen molar-refractivity contribution in [3.8, 4) is 5.75 Å². The number of benzene rings is 4. The molecule has 0 heterocycles. The molecule has 0 saturated heterocycles. The van der Waals surface area contributed by atoms with Crippen LogP contribution in [0.4, 0.5) is 11.4 Å². The van der Waals surface area contributed by atoms with Crippen LogP contribution in [0.3, 0.4) is 0 Å². The maximum absolute atomic E-state index is 12.5. The number of aliphatic imine (C=N–C) groups is 1. The van der Waals surface area contributed by atoms with E-state index in [1.807, 2.05) is 74.7 Å². The molecule has 0 unspecified atom stereocenters. The fraction of sp³-hybridized carbons (Fsp3) is 0.143. The minimum atomic E-state index is -0.207. The molecular formula is C28H26N2O2. The highest BCUT2D eigenvalue weighted by molar-refractivity contribution is 6.03. The highest BCUT2D eigenvalue weighted by atomic mass is 16.5. The second kappa shape index (κ2) is 9.48. The predicted molar refractivity (Wildman–Crippen MR) is 132 cm³/mol. The average molecular weight is 423 g/mol. The van der Waals surface area contributed by atoms with Crippen LogP contribution in [0.5, 0.6) is 5.75 Å². The molecule has 4 nitrogen and oxygen atoms in total. The van der Waals surface area contributed by atoms with Crippen LogP contribution in [-0.4, -0.2) is 18.7 Å². The normalized spacial score (nSPS) is 11.1. The third kappa shape index (κ3) is 5.03. The molecule has 4 heteroatoms. The van der Waals surface area contributed by atoms with E-state index >= 15 is 0 Å². The number of ether oxygens (including phenoxy) is 1. The van der Waals surface area contributed by atoms with Gasteiger partial charge in [0.25, 0.3) is 5.91 Å². The van der Waals surface area contributed by atoms with Crippen molar-refractivity contribution in [2.24, 2.45) is 4.99 Å². The molecule has 0 aliphatic carbocycles. The lowest BCUT2D eigenvalue weighted by Gasteiger charge is -2.12. The summed E-state index contributed by atoms with van der Waals surface area (Å²) in [6, 6.07) is 25.9. The Morgan fingerprint density at radius 3 is 2.56 bits per heavy atom. The van der Waals surface area contributed by atoms with Crippen LogP contribution in [0.15, 0.2) is 83.9 Å². The number of aryl methyl sites for hydroxylation is 3. The van der Waals surface area contributed by atoms with Gasteiger partial charge in [0.15, 0.2) is 6.61 Å². The molecule has 0 aliphatic rings. The van der Waals surface area contributed by atoms with Crippen molar-refractivity contribution in [2.75, 3.05) is 11.9 Å². The average Bonchev–Trinajstić information content (AvgIpc) is 2.78. The zero-order chi connectivity index (χ0) is 22.5. The fourth-order valence-electron chi connectivity index (χ4n) is 3.59. The third-order valence-electron chi connectivity index (χ3n) is 5.29. The van der Waals surface area contributed by atoms with Crippen LogP contribution in [0.2, 0.25) is 0 Å². The van der Waals surface area contributed by atoms with E-state index in [1.165, 1.54) is 0 Å². The Hall–Kier alpha value is -3.92. The van der Waals surface area contributed by atoms with Gasteiger partial charge in [0.2, 0.25) is 0 Å².